The van der Waals surface area contributed by atoms with Crippen LogP contribution in [-0.2, 0) is 11.2 Å². The second-order valence-corrected chi connectivity index (χ2v) is 5.29. The third kappa shape index (κ3) is 3.47. The SMILES string of the molecule is CNCC1CCN(C(=O)Cc2ccc(Cl)cc2)C1. The van der Waals surface area contributed by atoms with Crippen LogP contribution in [0.1, 0.15) is 12.0 Å². The van der Waals surface area contributed by atoms with E-state index in [2.05, 4.69) is 5.32 Å². The number of carbonyl (C=O) groups is 1. The summed E-state index contributed by atoms with van der Waals surface area (Å²) in [5.74, 6) is 0.820. The Bertz CT molecular complexity index is 405. The highest BCUT2D eigenvalue weighted by Gasteiger charge is 2.25. The highest BCUT2D eigenvalue weighted by atomic mass is 35.5. The van der Waals surface area contributed by atoms with Gasteiger partial charge in [-0.2, -0.15) is 0 Å². The molecule has 1 fully saturated rings. The number of nitrogens with one attached hydrogen (secondary N) is 1. The summed E-state index contributed by atoms with van der Waals surface area (Å²) >= 11 is 5.83. The standard InChI is InChI=1S/C14H19ClN2O/c1-16-9-12-6-7-17(10-12)14(18)8-11-2-4-13(15)5-3-11/h2-5,12,16H,6-10H2,1H3. The third-order valence-corrected chi connectivity index (χ3v) is 3.65. The highest BCUT2D eigenvalue weighted by molar-refractivity contribution is 6.30. The molecule has 1 amide bonds. The van der Waals surface area contributed by atoms with Gasteiger partial charge in [0.15, 0.2) is 0 Å². The van der Waals surface area contributed by atoms with Crippen molar-refractivity contribution in [3.8, 4) is 0 Å². The summed E-state index contributed by atoms with van der Waals surface area (Å²) in [5, 5.41) is 3.88. The second-order valence-electron chi connectivity index (χ2n) is 4.86. The van der Waals surface area contributed by atoms with Crippen LogP contribution in [0.15, 0.2) is 24.3 Å². The molecule has 0 spiro atoms. The van der Waals surface area contributed by atoms with Gasteiger partial charge in [-0.3, -0.25) is 4.79 Å². The molecule has 0 radical (unpaired) electrons. The van der Waals surface area contributed by atoms with Gasteiger partial charge in [-0.1, -0.05) is 23.7 Å². The Labute approximate surface area is 113 Å². The van der Waals surface area contributed by atoms with Crippen LogP contribution in [0.5, 0.6) is 0 Å². The molecule has 98 valence electrons. The fourth-order valence-corrected chi connectivity index (χ4v) is 2.53. The number of nitrogens with zero attached hydrogens (tertiary/aromatic N) is 1. The Morgan fingerprint density at radius 3 is 2.83 bits per heavy atom. The van der Waals surface area contributed by atoms with Gasteiger partial charge >= 0.3 is 0 Å². The molecule has 1 aromatic carbocycles. The number of rotatable bonds is 4. The van der Waals surface area contributed by atoms with E-state index in [-0.39, 0.29) is 5.91 Å². The minimum atomic E-state index is 0.218. The normalized spacial score (nSPS) is 19.2. The number of carbonyl (C=O) groups excluding carboxylic acids is 1. The Morgan fingerprint density at radius 2 is 2.17 bits per heavy atom. The Kier molecular flexibility index (Phi) is 4.61. The van der Waals surface area contributed by atoms with E-state index in [9.17, 15) is 4.79 Å². The molecule has 1 N–H and O–H groups in total. The van der Waals surface area contributed by atoms with Crippen LogP contribution < -0.4 is 5.32 Å². The zero-order valence-electron chi connectivity index (χ0n) is 10.7. The zero-order chi connectivity index (χ0) is 13.0. The van der Waals surface area contributed by atoms with Crippen LogP contribution in [0.25, 0.3) is 0 Å². The Hall–Kier alpha value is -1.06. The molecule has 0 aromatic heterocycles. The fourth-order valence-electron chi connectivity index (χ4n) is 2.40. The van der Waals surface area contributed by atoms with Gasteiger partial charge in [-0.15, -0.1) is 0 Å². The molecule has 3 nitrogen and oxygen atoms in total. The van der Waals surface area contributed by atoms with Crippen LogP contribution >= 0.6 is 11.6 Å². The predicted octanol–water partition coefficient (Wildman–Crippen LogP) is 1.95. The van der Waals surface area contributed by atoms with Gasteiger partial charge in [0.25, 0.3) is 0 Å². The van der Waals surface area contributed by atoms with E-state index in [1.807, 2.05) is 36.2 Å². The van der Waals surface area contributed by atoms with E-state index in [0.717, 1.165) is 31.6 Å². The quantitative estimate of drug-likeness (QED) is 0.904. The third-order valence-electron chi connectivity index (χ3n) is 3.40. The first-order valence-electron chi connectivity index (χ1n) is 6.36. The maximum atomic E-state index is 12.1. The summed E-state index contributed by atoms with van der Waals surface area (Å²) in [6.07, 6.45) is 1.58. The predicted molar refractivity (Wildman–Crippen MR) is 73.8 cm³/mol. The van der Waals surface area contributed by atoms with Crippen molar-refractivity contribution in [3.63, 3.8) is 0 Å². The summed E-state index contributed by atoms with van der Waals surface area (Å²) < 4.78 is 0. The maximum Gasteiger partial charge on any atom is 0.226 e. The summed E-state index contributed by atoms with van der Waals surface area (Å²) in [4.78, 5) is 14.1. The van der Waals surface area contributed by atoms with E-state index in [4.69, 9.17) is 11.6 Å². The van der Waals surface area contributed by atoms with Gasteiger partial charge in [0.1, 0.15) is 0 Å². The monoisotopic (exact) mass is 266 g/mol. The fraction of sp³-hybridized carbons (Fsp3) is 0.500. The average molecular weight is 267 g/mol. The van der Waals surface area contributed by atoms with Gasteiger partial charge in [-0.25, -0.2) is 0 Å². The number of likely N-dealkylation sites (tertiary alicyclic amines) is 1. The van der Waals surface area contributed by atoms with Crippen molar-refractivity contribution in [1.82, 2.24) is 10.2 Å². The molecule has 1 heterocycles. The molecule has 1 atom stereocenters. The van der Waals surface area contributed by atoms with Crippen LogP contribution in [-0.4, -0.2) is 37.5 Å². The van der Waals surface area contributed by atoms with E-state index < -0.39 is 0 Å². The van der Waals surface area contributed by atoms with Gasteiger partial charge in [0.2, 0.25) is 5.91 Å². The van der Waals surface area contributed by atoms with Gasteiger partial charge in [0, 0.05) is 18.1 Å². The number of benzene rings is 1. The van der Waals surface area contributed by atoms with Gasteiger partial charge < -0.3 is 10.2 Å². The lowest BCUT2D eigenvalue weighted by molar-refractivity contribution is -0.129. The molecular formula is C14H19ClN2O. The summed E-state index contributed by atoms with van der Waals surface area (Å²) in [7, 11) is 1.96. The minimum absolute atomic E-state index is 0.218. The molecule has 1 aliphatic heterocycles. The van der Waals surface area contributed by atoms with E-state index in [1.54, 1.807) is 0 Å². The van der Waals surface area contributed by atoms with Crippen molar-refractivity contribution in [2.75, 3.05) is 26.7 Å². The minimum Gasteiger partial charge on any atom is -0.342 e. The van der Waals surface area contributed by atoms with Gasteiger partial charge in [0.05, 0.1) is 6.42 Å². The summed E-state index contributed by atoms with van der Waals surface area (Å²) in [5.41, 5.74) is 1.03. The lowest BCUT2D eigenvalue weighted by atomic mass is 10.1. The molecule has 0 aliphatic carbocycles. The van der Waals surface area contributed by atoms with Crippen LogP contribution in [0, 0.1) is 5.92 Å². The molecule has 2 rings (SSSR count). The largest absolute Gasteiger partial charge is 0.342 e. The molecule has 1 saturated heterocycles. The summed E-state index contributed by atoms with van der Waals surface area (Å²) in [6, 6.07) is 7.50. The van der Waals surface area contributed by atoms with Crippen molar-refractivity contribution in [1.29, 1.82) is 0 Å². The van der Waals surface area contributed by atoms with Crippen molar-refractivity contribution >= 4 is 17.5 Å². The number of amides is 1. The lowest BCUT2D eigenvalue weighted by Crippen LogP contribution is -2.31. The number of hydrogen-bond donors (Lipinski definition) is 1. The second kappa shape index (κ2) is 6.21. The lowest BCUT2D eigenvalue weighted by Gasteiger charge is -2.16. The van der Waals surface area contributed by atoms with Crippen molar-refractivity contribution < 1.29 is 4.79 Å². The Balaban J connectivity index is 1.87. The van der Waals surface area contributed by atoms with Crippen molar-refractivity contribution in [3.05, 3.63) is 34.9 Å². The first kappa shape index (κ1) is 13.4. The highest BCUT2D eigenvalue weighted by Crippen LogP contribution is 2.17. The molecule has 1 aromatic rings. The molecule has 4 heteroatoms. The molecular weight excluding hydrogens is 248 g/mol. The number of halogens is 1. The first-order chi connectivity index (χ1) is 8.69. The van der Waals surface area contributed by atoms with Crippen molar-refractivity contribution in [2.24, 2.45) is 5.92 Å². The van der Waals surface area contributed by atoms with E-state index in [1.165, 1.54) is 0 Å². The Morgan fingerprint density at radius 1 is 1.44 bits per heavy atom. The van der Waals surface area contributed by atoms with Crippen LogP contribution in [0.2, 0.25) is 5.02 Å². The molecule has 0 saturated carbocycles. The summed E-state index contributed by atoms with van der Waals surface area (Å²) in [6.45, 7) is 2.76. The van der Waals surface area contributed by atoms with E-state index >= 15 is 0 Å². The molecule has 1 aliphatic rings. The van der Waals surface area contributed by atoms with Crippen molar-refractivity contribution in [2.45, 2.75) is 12.8 Å². The smallest absolute Gasteiger partial charge is 0.226 e. The van der Waals surface area contributed by atoms with E-state index in [0.29, 0.717) is 17.4 Å². The molecule has 1 unspecified atom stereocenters. The first-order valence-corrected chi connectivity index (χ1v) is 6.73. The van der Waals surface area contributed by atoms with Crippen LogP contribution in [0.3, 0.4) is 0 Å². The number of hydrogen-bond acceptors (Lipinski definition) is 2. The average Bonchev–Trinajstić information content (AvgIpc) is 2.81. The van der Waals surface area contributed by atoms with Gasteiger partial charge in [-0.05, 0) is 43.6 Å². The van der Waals surface area contributed by atoms with Crippen LogP contribution in [0.4, 0.5) is 0 Å². The topological polar surface area (TPSA) is 32.3 Å². The molecule has 18 heavy (non-hydrogen) atoms. The zero-order valence-corrected chi connectivity index (χ0v) is 11.4. The molecule has 0 bridgehead atoms. The maximum absolute atomic E-state index is 12.1.